The molecule has 1 heterocycles. The van der Waals surface area contributed by atoms with Crippen LogP contribution in [0.5, 0.6) is 0 Å². The van der Waals surface area contributed by atoms with Crippen LogP contribution in [0.2, 0.25) is 0 Å². The molecule has 29 heavy (non-hydrogen) atoms. The number of aromatic nitrogens is 1. The molecule has 160 valence electrons. The summed E-state index contributed by atoms with van der Waals surface area (Å²) in [7, 11) is 0. The first kappa shape index (κ1) is 21.6. The van der Waals surface area contributed by atoms with E-state index >= 15 is 0 Å². The van der Waals surface area contributed by atoms with Gasteiger partial charge in [0.2, 0.25) is 11.8 Å². The maximum Gasteiger partial charge on any atom is 0.242 e. The largest absolute Gasteiger partial charge is 0.384 e. The van der Waals surface area contributed by atoms with Gasteiger partial charge in [-0.15, -0.1) is 0 Å². The average molecular weight is 402 g/mol. The van der Waals surface area contributed by atoms with Gasteiger partial charge in [0.1, 0.15) is 11.9 Å². The minimum atomic E-state index is -0.639. The SMILES string of the molecule is C[C@@H](N)C(=O)N[C@@H](CC1CCCC2CCCCC21)C(=O)NCc1ccc(N)nc1. The fraction of sp³-hybridized carbons (Fsp3) is 0.682. The molecule has 0 aliphatic heterocycles. The number of nitrogens with one attached hydrogen (secondary N) is 2. The fourth-order valence-corrected chi connectivity index (χ4v) is 5.05. The minimum Gasteiger partial charge on any atom is -0.384 e. The van der Waals surface area contributed by atoms with Crippen molar-refractivity contribution in [3.8, 4) is 0 Å². The maximum atomic E-state index is 13.0. The van der Waals surface area contributed by atoms with Crippen LogP contribution in [0.25, 0.3) is 0 Å². The van der Waals surface area contributed by atoms with Crippen molar-refractivity contribution in [2.45, 2.75) is 76.9 Å². The smallest absolute Gasteiger partial charge is 0.242 e. The number of anilines is 1. The standard InChI is InChI=1S/C22H35N5O2/c1-14(23)21(28)27-19(22(29)26-13-15-9-10-20(24)25-12-15)11-17-7-4-6-16-5-2-3-8-18(16)17/h9-10,12,14,16-19H,2-8,11,13,23H2,1H3,(H2,24,25)(H,26,29)(H,27,28)/t14-,16?,17?,18?,19+/m1/s1. The summed E-state index contributed by atoms with van der Waals surface area (Å²) < 4.78 is 0. The molecule has 2 amide bonds. The number of nitrogens with two attached hydrogens (primary N) is 2. The zero-order chi connectivity index (χ0) is 20.8. The van der Waals surface area contributed by atoms with Gasteiger partial charge in [-0.25, -0.2) is 4.98 Å². The van der Waals surface area contributed by atoms with Crippen LogP contribution in [0.1, 0.15) is 63.9 Å². The first-order valence-electron chi connectivity index (χ1n) is 11.0. The summed E-state index contributed by atoms with van der Waals surface area (Å²) in [5, 5.41) is 5.84. The van der Waals surface area contributed by atoms with Crippen LogP contribution in [0.3, 0.4) is 0 Å². The molecular formula is C22H35N5O2. The van der Waals surface area contributed by atoms with E-state index in [4.69, 9.17) is 11.5 Å². The number of fused-ring (bicyclic) bond motifs is 1. The molecule has 1 aromatic rings. The van der Waals surface area contributed by atoms with Gasteiger partial charge in [-0.05, 0) is 49.1 Å². The quantitative estimate of drug-likeness (QED) is 0.557. The number of carbonyl (C=O) groups excluding carboxylic acids is 2. The predicted octanol–water partition coefficient (Wildman–Crippen LogP) is 2.11. The topological polar surface area (TPSA) is 123 Å². The summed E-state index contributed by atoms with van der Waals surface area (Å²) in [6.45, 7) is 2.00. The second-order valence-electron chi connectivity index (χ2n) is 8.79. The van der Waals surface area contributed by atoms with Crippen LogP contribution in [0.15, 0.2) is 18.3 Å². The molecule has 6 N–H and O–H groups in total. The molecule has 2 fully saturated rings. The Bertz CT molecular complexity index is 689. The highest BCUT2D eigenvalue weighted by Crippen LogP contribution is 2.45. The van der Waals surface area contributed by atoms with E-state index < -0.39 is 12.1 Å². The Balaban J connectivity index is 1.65. The molecule has 3 unspecified atom stereocenters. The molecule has 1 aromatic heterocycles. The second kappa shape index (κ2) is 10.1. The van der Waals surface area contributed by atoms with Crippen molar-refractivity contribution >= 4 is 17.6 Å². The number of hydrogen-bond donors (Lipinski definition) is 4. The van der Waals surface area contributed by atoms with Gasteiger partial charge in [-0.2, -0.15) is 0 Å². The Morgan fingerprint density at radius 1 is 1.14 bits per heavy atom. The Morgan fingerprint density at radius 3 is 2.62 bits per heavy atom. The van der Waals surface area contributed by atoms with E-state index in [0.29, 0.717) is 30.6 Å². The minimum absolute atomic E-state index is 0.159. The van der Waals surface area contributed by atoms with Crippen LogP contribution in [0.4, 0.5) is 5.82 Å². The van der Waals surface area contributed by atoms with Gasteiger partial charge >= 0.3 is 0 Å². The van der Waals surface area contributed by atoms with Crippen molar-refractivity contribution in [1.29, 1.82) is 0 Å². The molecule has 2 aliphatic rings. The van der Waals surface area contributed by atoms with E-state index in [1.54, 1.807) is 19.2 Å². The Hall–Kier alpha value is -2.15. The van der Waals surface area contributed by atoms with Crippen molar-refractivity contribution in [3.63, 3.8) is 0 Å². The van der Waals surface area contributed by atoms with Crippen LogP contribution < -0.4 is 22.1 Å². The molecule has 2 aliphatic carbocycles. The number of amides is 2. The molecule has 2 saturated carbocycles. The van der Waals surface area contributed by atoms with Crippen molar-refractivity contribution in [2.75, 3.05) is 5.73 Å². The van der Waals surface area contributed by atoms with Crippen LogP contribution in [-0.2, 0) is 16.1 Å². The molecule has 3 rings (SSSR count). The normalized spacial score (nSPS) is 26.1. The monoisotopic (exact) mass is 401 g/mol. The Morgan fingerprint density at radius 2 is 1.90 bits per heavy atom. The average Bonchev–Trinajstić information content (AvgIpc) is 2.72. The second-order valence-corrected chi connectivity index (χ2v) is 8.79. The van der Waals surface area contributed by atoms with Crippen LogP contribution >= 0.6 is 0 Å². The van der Waals surface area contributed by atoms with Gasteiger partial charge in [-0.1, -0.05) is 44.6 Å². The predicted molar refractivity (Wildman–Crippen MR) is 113 cm³/mol. The third-order valence-electron chi connectivity index (χ3n) is 6.62. The molecule has 7 heteroatoms. The lowest BCUT2D eigenvalue weighted by atomic mass is 9.64. The third-order valence-corrected chi connectivity index (χ3v) is 6.62. The van der Waals surface area contributed by atoms with Crippen molar-refractivity contribution in [2.24, 2.45) is 23.5 Å². The molecule has 5 atom stereocenters. The molecule has 0 spiro atoms. The van der Waals surface area contributed by atoms with E-state index in [1.807, 2.05) is 6.07 Å². The number of carbonyl (C=O) groups is 2. The zero-order valence-electron chi connectivity index (χ0n) is 17.4. The number of nitrogen functional groups attached to an aromatic ring is 1. The molecule has 0 saturated heterocycles. The van der Waals surface area contributed by atoms with Gasteiger partial charge in [-0.3, -0.25) is 9.59 Å². The molecule has 0 bridgehead atoms. The molecular weight excluding hydrogens is 366 g/mol. The summed E-state index contributed by atoms with van der Waals surface area (Å²) in [6.07, 6.45) is 11.2. The van der Waals surface area contributed by atoms with E-state index in [0.717, 1.165) is 17.9 Å². The fourth-order valence-electron chi connectivity index (χ4n) is 5.05. The number of pyridine rings is 1. The first-order valence-corrected chi connectivity index (χ1v) is 11.0. The lowest BCUT2D eigenvalue weighted by Gasteiger charge is -2.42. The number of nitrogens with zero attached hydrogens (tertiary/aromatic N) is 1. The lowest BCUT2D eigenvalue weighted by molar-refractivity contribution is -0.130. The van der Waals surface area contributed by atoms with Gasteiger partial charge < -0.3 is 22.1 Å². The Kier molecular flexibility index (Phi) is 7.47. The van der Waals surface area contributed by atoms with Crippen molar-refractivity contribution < 1.29 is 9.59 Å². The zero-order valence-corrected chi connectivity index (χ0v) is 17.4. The molecule has 0 radical (unpaired) electrons. The van der Waals surface area contributed by atoms with Gasteiger partial charge in [0, 0.05) is 12.7 Å². The van der Waals surface area contributed by atoms with Crippen LogP contribution in [-0.4, -0.2) is 28.9 Å². The van der Waals surface area contributed by atoms with Crippen LogP contribution in [0, 0.1) is 17.8 Å². The van der Waals surface area contributed by atoms with E-state index in [2.05, 4.69) is 15.6 Å². The van der Waals surface area contributed by atoms with E-state index in [-0.39, 0.29) is 11.8 Å². The maximum absolute atomic E-state index is 13.0. The van der Waals surface area contributed by atoms with E-state index in [1.165, 1.54) is 38.5 Å². The third kappa shape index (κ3) is 5.92. The van der Waals surface area contributed by atoms with Gasteiger partial charge in [0.25, 0.3) is 0 Å². The summed E-state index contributed by atoms with van der Waals surface area (Å²) in [4.78, 5) is 29.3. The lowest BCUT2D eigenvalue weighted by Crippen LogP contribution is -2.52. The van der Waals surface area contributed by atoms with Crippen molar-refractivity contribution in [1.82, 2.24) is 15.6 Å². The van der Waals surface area contributed by atoms with E-state index in [9.17, 15) is 9.59 Å². The summed E-state index contributed by atoms with van der Waals surface area (Å²) in [6, 6.07) is 2.36. The molecule has 0 aromatic carbocycles. The number of hydrogen-bond acceptors (Lipinski definition) is 5. The highest BCUT2D eigenvalue weighted by atomic mass is 16.2. The van der Waals surface area contributed by atoms with Gasteiger partial charge in [0.05, 0.1) is 6.04 Å². The number of rotatable bonds is 7. The molecule has 7 nitrogen and oxygen atoms in total. The summed E-state index contributed by atoms with van der Waals surface area (Å²) >= 11 is 0. The summed E-state index contributed by atoms with van der Waals surface area (Å²) in [5.74, 6) is 1.96. The highest BCUT2D eigenvalue weighted by molar-refractivity contribution is 5.89. The first-order chi connectivity index (χ1) is 13.9. The Labute approximate surface area is 173 Å². The van der Waals surface area contributed by atoms with Crippen molar-refractivity contribution in [3.05, 3.63) is 23.9 Å². The summed E-state index contributed by atoms with van der Waals surface area (Å²) in [5.41, 5.74) is 12.2. The highest BCUT2D eigenvalue weighted by Gasteiger charge is 2.37. The van der Waals surface area contributed by atoms with Gasteiger partial charge in [0.15, 0.2) is 0 Å².